The fourth-order valence-corrected chi connectivity index (χ4v) is 2.70. The standard InChI is InChI=1S/C14H13BrN2OS/c1-19-12-7-3-6-11(13(12)14(16)17)18-10-5-2-4-9(15)8-10/h2-8H,1H3,(H3,16,17). The lowest BCUT2D eigenvalue weighted by molar-refractivity contribution is 0.479. The molecule has 0 radical (unpaired) electrons. The van der Waals surface area contributed by atoms with Gasteiger partial charge in [0, 0.05) is 9.37 Å². The molecule has 19 heavy (non-hydrogen) atoms. The number of nitrogens with one attached hydrogen (secondary N) is 1. The quantitative estimate of drug-likeness (QED) is 0.498. The minimum atomic E-state index is 0.00921. The minimum absolute atomic E-state index is 0.00921. The molecule has 0 aromatic heterocycles. The van der Waals surface area contributed by atoms with Gasteiger partial charge in [0.05, 0.1) is 5.56 Å². The van der Waals surface area contributed by atoms with Crippen LogP contribution in [0.15, 0.2) is 51.8 Å². The Morgan fingerprint density at radius 2 is 2.00 bits per heavy atom. The smallest absolute Gasteiger partial charge is 0.139 e. The number of hydrogen-bond acceptors (Lipinski definition) is 3. The maximum atomic E-state index is 7.70. The van der Waals surface area contributed by atoms with E-state index >= 15 is 0 Å². The van der Waals surface area contributed by atoms with Gasteiger partial charge in [0.2, 0.25) is 0 Å². The molecule has 0 aliphatic rings. The van der Waals surface area contributed by atoms with Crippen molar-refractivity contribution in [2.24, 2.45) is 5.73 Å². The Kier molecular flexibility index (Phi) is 4.50. The second-order valence-corrected chi connectivity index (χ2v) is 5.57. The molecular formula is C14H13BrN2OS. The van der Waals surface area contributed by atoms with Crippen LogP contribution in [0, 0.1) is 5.41 Å². The summed E-state index contributed by atoms with van der Waals surface area (Å²) in [7, 11) is 0. The summed E-state index contributed by atoms with van der Waals surface area (Å²) in [6.07, 6.45) is 1.95. The van der Waals surface area contributed by atoms with E-state index in [0.717, 1.165) is 9.37 Å². The zero-order chi connectivity index (χ0) is 13.8. The normalized spacial score (nSPS) is 10.2. The minimum Gasteiger partial charge on any atom is -0.457 e. The molecule has 0 atom stereocenters. The predicted molar refractivity (Wildman–Crippen MR) is 83.5 cm³/mol. The van der Waals surface area contributed by atoms with Crippen molar-refractivity contribution >= 4 is 33.5 Å². The van der Waals surface area contributed by atoms with Crippen LogP contribution >= 0.6 is 27.7 Å². The Labute approximate surface area is 124 Å². The Hall–Kier alpha value is -1.46. The van der Waals surface area contributed by atoms with Crippen molar-refractivity contribution < 1.29 is 4.74 Å². The Morgan fingerprint density at radius 1 is 1.26 bits per heavy atom. The number of halogens is 1. The lowest BCUT2D eigenvalue weighted by Gasteiger charge is -2.13. The van der Waals surface area contributed by atoms with E-state index in [1.54, 1.807) is 11.8 Å². The van der Waals surface area contributed by atoms with Gasteiger partial charge in [-0.05, 0) is 36.6 Å². The predicted octanol–water partition coefficient (Wildman–Crippen LogP) is 4.25. The SMILES string of the molecule is CSc1cccc(Oc2cccc(Br)c2)c1C(=N)N. The molecule has 0 saturated heterocycles. The van der Waals surface area contributed by atoms with Gasteiger partial charge in [-0.2, -0.15) is 0 Å². The molecule has 3 nitrogen and oxygen atoms in total. The third-order valence-corrected chi connectivity index (χ3v) is 3.77. The summed E-state index contributed by atoms with van der Waals surface area (Å²) < 4.78 is 6.77. The van der Waals surface area contributed by atoms with Gasteiger partial charge in [0.1, 0.15) is 17.3 Å². The molecule has 2 aromatic carbocycles. The van der Waals surface area contributed by atoms with Gasteiger partial charge in [-0.1, -0.05) is 28.1 Å². The maximum absolute atomic E-state index is 7.70. The molecule has 2 rings (SSSR count). The van der Waals surface area contributed by atoms with Gasteiger partial charge in [0.25, 0.3) is 0 Å². The highest BCUT2D eigenvalue weighted by atomic mass is 79.9. The van der Waals surface area contributed by atoms with E-state index in [1.807, 2.05) is 48.7 Å². The average molecular weight is 337 g/mol. The van der Waals surface area contributed by atoms with Crippen molar-refractivity contribution in [3.63, 3.8) is 0 Å². The second kappa shape index (κ2) is 6.12. The number of hydrogen-bond donors (Lipinski definition) is 2. The molecule has 0 bridgehead atoms. The second-order valence-electron chi connectivity index (χ2n) is 3.81. The monoisotopic (exact) mass is 336 g/mol. The third-order valence-electron chi connectivity index (χ3n) is 2.50. The number of benzene rings is 2. The maximum Gasteiger partial charge on any atom is 0.139 e. The topological polar surface area (TPSA) is 59.1 Å². The van der Waals surface area contributed by atoms with E-state index in [9.17, 15) is 0 Å². The summed E-state index contributed by atoms with van der Waals surface area (Å²) >= 11 is 4.94. The average Bonchev–Trinajstić information content (AvgIpc) is 2.38. The molecule has 0 unspecified atom stereocenters. The summed E-state index contributed by atoms with van der Waals surface area (Å²) in [5.41, 5.74) is 6.29. The van der Waals surface area contributed by atoms with Crippen LogP contribution < -0.4 is 10.5 Å². The van der Waals surface area contributed by atoms with Crippen LogP contribution in [0.5, 0.6) is 11.5 Å². The van der Waals surface area contributed by atoms with Gasteiger partial charge < -0.3 is 10.5 Å². The van der Waals surface area contributed by atoms with Gasteiger partial charge in [-0.3, -0.25) is 5.41 Å². The van der Waals surface area contributed by atoms with Crippen molar-refractivity contribution in [3.8, 4) is 11.5 Å². The van der Waals surface area contributed by atoms with Crippen LogP contribution in [0.2, 0.25) is 0 Å². The number of nitrogens with two attached hydrogens (primary N) is 1. The van der Waals surface area contributed by atoms with E-state index in [-0.39, 0.29) is 5.84 Å². The zero-order valence-corrected chi connectivity index (χ0v) is 12.7. The molecule has 0 aliphatic heterocycles. The van der Waals surface area contributed by atoms with Crippen LogP contribution in [-0.4, -0.2) is 12.1 Å². The Balaban J connectivity index is 2.42. The highest BCUT2D eigenvalue weighted by molar-refractivity contribution is 9.10. The first-order valence-corrected chi connectivity index (χ1v) is 7.58. The molecule has 0 spiro atoms. The zero-order valence-electron chi connectivity index (χ0n) is 10.3. The molecule has 98 valence electrons. The molecule has 0 amide bonds. The lowest BCUT2D eigenvalue weighted by Crippen LogP contribution is -2.13. The van der Waals surface area contributed by atoms with E-state index in [4.69, 9.17) is 15.9 Å². The summed E-state index contributed by atoms with van der Waals surface area (Å²) in [5, 5.41) is 7.70. The first kappa shape index (κ1) is 14.0. The fourth-order valence-electron chi connectivity index (χ4n) is 1.69. The summed E-state index contributed by atoms with van der Waals surface area (Å²) in [6, 6.07) is 13.2. The molecule has 3 N–H and O–H groups in total. The fraction of sp³-hybridized carbons (Fsp3) is 0.0714. The van der Waals surface area contributed by atoms with Gasteiger partial charge in [0.15, 0.2) is 0 Å². The molecule has 5 heteroatoms. The van der Waals surface area contributed by atoms with Crippen molar-refractivity contribution in [1.29, 1.82) is 5.41 Å². The molecular weight excluding hydrogens is 324 g/mol. The lowest BCUT2D eigenvalue weighted by atomic mass is 10.2. The molecule has 2 aromatic rings. The molecule has 0 saturated carbocycles. The number of amidine groups is 1. The van der Waals surface area contributed by atoms with Gasteiger partial charge >= 0.3 is 0 Å². The Bertz CT molecular complexity index is 616. The van der Waals surface area contributed by atoms with Crippen LogP contribution in [0.4, 0.5) is 0 Å². The van der Waals surface area contributed by atoms with E-state index in [1.165, 1.54) is 0 Å². The van der Waals surface area contributed by atoms with Crippen molar-refractivity contribution in [2.45, 2.75) is 4.90 Å². The van der Waals surface area contributed by atoms with E-state index in [0.29, 0.717) is 17.1 Å². The summed E-state index contributed by atoms with van der Waals surface area (Å²) in [4.78, 5) is 0.931. The first-order valence-electron chi connectivity index (χ1n) is 5.56. The molecule has 0 aliphatic carbocycles. The van der Waals surface area contributed by atoms with Crippen LogP contribution in [0.1, 0.15) is 5.56 Å². The van der Waals surface area contributed by atoms with Crippen molar-refractivity contribution in [1.82, 2.24) is 0 Å². The summed E-state index contributed by atoms with van der Waals surface area (Å²) in [5.74, 6) is 1.31. The first-order chi connectivity index (χ1) is 9.11. The van der Waals surface area contributed by atoms with E-state index in [2.05, 4.69) is 15.9 Å². The highest BCUT2D eigenvalue weighted by Crippen LogP contribution is 2.32. The highest BCUT2D eigenvalue weighted by Gasteiger charge is 2.12. The van der Waals surface area contributed by atoms with Crippen LogP contribution in [0.25, 0.3) is 0 Å². The van der Waals surface area contributed by atoms with Crippen molar-refractivity contribution in [3.05, 3.63) is 52.5 Å². The summed E-state index contributed by atoms with van der Waals surface area (Å²) in [6.45, 7) is 0. The number of ether oxygens (including phenoxy) is 1. The number of thioether (sulfide) groups is 1. The largest absolute Gasteiger partial charge is 0.457 e. The molecule has 0 fully saturated rings. The third kappa shape index (κ3) is 3.30. The van der Waals surface area contributed by atoms with Crippen LogP contribution in [0.3, 0.4) is 0 Å². The molecule has 0 heterocycles. The van der Waals surface area contributed by atoms with Gasteiger partial charge in [-0.25, -0.2) is 0 Å². The van der Waals surface area contributed by atoms with E-state index < -0.39 is 0 Å². The Morgan fingerprint density at radius 3 is 2.63 bits per heavy atom. The van der Waals surface area contributed by atoms with Crippen LogP contribution in [-0.2, 0) is 0 Å². The van der Waals surface area contributed by atoms with Gasteiger partial charge in [-0.15, -0.1) is 11.8 Å². The van der Waals surface area contributed by atoms with Crippen molar-refractivity contribution in [2.75, 3.05) is 6.26 Å². The number of rotatable bonds is 4. The number of nitrogen functional groups attached to an aromatic ring is 1.